The molecule has 196 valence electrons. The molecular formula is C29H35N3O5. The molecule has 0 saturated heterocycles. The quantitative estimate of drug-likeness (QED) is 0.439. The van der Waals surface area contributed by atoms with Gasteiger partial charge in [-0.15, -0.1) is 0 Å². The molecule has 3 aromatic rings. The van der Waals surface area contributed by atoms with Gasteiger partial charge in [-0.25, -0.2) is 9.59 Å². The van der Waals surface area contributed by atoms with Crippen LogP contribution < -0.4 is 16.6 Å². The van der Waals surface area contributed by atoms with Crippen LogP contribution in [0.25, 0.3) is 11.1 Å². The third-order valence-electron chi connectivity index (χ3n) is 6.75. The number of nitrogens with zero attached hydrogens (tertiary/aromatic N) is 2. The van der Waals surface area contributed by atoms with Crippen LogP contribution in [0.1, 0.15) is 59.4 Å². The van der Waals surface area contributed by atoms with Gasteiger partial charge in [0, 0.05) is 31.8 Å². The van der Waals surface area contributed by atoms with E-state index in [4.69, 9.17) is 0 Å². The number of amides is 1. The van der Waals surface area contributed by atoms with E-state index < -0.39 is 23.3 Å². The summed E-state index contributed by atoms with van der Waals surface area (Å²) in [5, 5.41) is 12.6. The highest BCUT2D eigenvalue weighted by Crippen LogP contribution is 2.21. The second-order valence-electron chi connectivity index (χ2n) is 9.38. The molecule has 1 aromatic heterocycles. The lowest BCUT2D eigenvalue weighted by Crippen LogP contribution is -2.43. The minimum Gasteiger partial charge on any atom is -0.480 e. The lowest BCUT2D eigenvalue weighted by molar-refractivity contribution is -0.139. The number of carboxylic acids is 1. The average molecular weight is 506 g/mol. The van der Waals surface area contributed by atoms with Crippen LogP contribution in [0.15, 0.2) is 52.1 Å². The number of carboxylic acid groups (broad SMARTS) is 1. The first-order valence-electron chi connectivity index (χ1n) is 12.6. The molecule has 0 aliphatic carbocycles. The third kappa shape index (κ3) is 5.90. The van der Waals surface area contributed by atoms with E-state index in [1.165, 1.54) is 11.6 Å². The summed E-state index contributed by atoms with van der Waals surface area (Å²) in [6.07, 6.45) is 3.32. The van der Waals surface area contributed by atoms with E-state index >= 15 is 0 Å². The number of aryl methyl sites for hydroxylation is 2. The van der Waals surface area contributed by atoms with E-state index in [1.807, 2.05) is 32.0 Å². The zero-order valence-corrected chi connectivity index (χ0v) is 22.1. The standard InChI is InChI=1S/C29H35N3O5/c1-6-9-20-11-8-12-21(10-7-2)25(20)26(33)30-23(28(35)36)17-19-13-15-22(16-14-19)24-18(3)31(4)29(37)32(5)27(24)34/h8,11-16,23H,6-7,9-10,17H2,1-5H3,(H,30,33)(H,35,36)/t23-/m0/s1. The maximum atomic E-state index is 13.3. The van der Waals surface area contributed by atoms with Crippen molar-refractivity contribution in [3.8, 4) is 11.1 Å². The normalized spacial score (nSPS) is 11.8. The lowest BCUT2D eigenvalue weighted by atomic mass is 9.94. The second-order valence-corrected chi connectivity index (χ2v) is 9.38. The van der Waals surface area contributed by atoms with Gasteiger partial charge in [0.25, 0.3) is 11.5 Å². The number of carbonyl (C=O) groups excluding carboxylic acids is 1. The smallest absolute Gasteiger partial charge is 0.330 e. The predicted molar refractivity (Wildman–Crippen MR) is 144 cm³/mol. The Kier molecular flexibility index (Phi) is 8.86. The van der Waals surface area contributed by atoms with Gasteiger partial charge >= 0.3 is 11.7 Å². The molecule has 1 heterocycles. The molecule has 1 amide bonds. The number of hydrogen-bond donors (Lipinski definition) is 2. The Labute approximate surface area is 216 Å². The molecule has 8 heteroatoms. The zero-order valence-electron chi connectivity index (χ0n) is 22.1. The van der Waals surface area contributed by atoms with E-state index in [0.717, 1.165) is 41.4 Å². The van der Waals surface area contributed by atoms with Crippen LogP contribution in [0.3, 0.4) is 0 Å². The maximum Gasteiger partial charge on any atom is 0.330 e. The number of hydrogen-bond acceptors (Lipinski definition) is 4. The maximum absolute atomic E-state index is 13.3. The number of aliphatic carboxylic acids is 1. The monoisotopic (exact) mass is 505 g/mol. The molecule has 3 rings (SSSR count). The van der Waals surface area contributed by atoms with Gasteiger partial charge in [0.05, 0.1) is 5.56 Å². The van der Waals surface area contributed by atoms with Gasteiger partial charge in [-0.3, -0.25) is 14.2 Å². The Balaban J connectivity index is 1.88. The summed E-state index contributed by atoms with van der Waals surface area (Å²) in [5.74, 6) is -1.49. The average Bonchev–Trinajstić information content (AvgIpc) is 2.87. The Morgan fingerprint density at radius 1 is 0.919 bits per heavy atom. The molecule has 0 aliphatic rings. The first kappa shape index (κ1) is 27.6. The fourth-order valence-corrected chi connectivity index (χ4v) is 4.65. The molecule has 2 aromatic carbocycles. The van der Waals surface area contributed by atoms with E-state index in [9.17, 15) is 24.3 Å². The van der Waals surface area contributed by atoms with Crippen molar-refractivity contribution >= 4 is 11.9 Å². The molecule has 2 N–H and O–H groups in total. The van der Waals surface area contributed by atoms with Crippen molar-refractivity contribution in [2.24, 2.45) is 14.1 Å². The molecule has 1 atom stereocenters. The number of benzene rings is 2. The zero-order chi connectivity index (χ0) is 27.3. The van der Waals surface area contributed by atoms with Crippen molar-refractivity contribution < 1.29 is 14.7 Å². The molecule has 0 spiro atoms. The Bertz CT molecular complexity index is 1390. The van der Waals surface area contributed by atoms with Gasteiger partial charge in [-0.2, -0.15) is 0 Å². The van der Waals surface area contributed by atoms with Crippen molar-refractivity contribution in [2.75, 3.05) is 0 Å². The summed E-state index contributed by atoms with van der Waals surface area (Å²) >= 11 is 0. The molecule has 37 heavy (non-hydrogen) atoms. The van der Waals surface area contributed by atoms with Crippen molar-refractivity contribution in [3.05, 3.63) is 91.3 Å². The van der Waals surface area contributed by atoms with Gasteiger partial charge in [0.1, 0.15) is 6.04 Å². The van der Waals surface area contributed by atoms with Crippen LogP contribution in [-0.4, -0.2) is 32.2 Å². The largest absolute Gasteiger partial charge is 0.480 e. The topological polar surface area (TPSA) is 110 Å². The van der Waals surface area contributed by atoms with Crippen LogP contribution in [0.2, 0.25) is 0 Å². The lowest BCUT2D eigenvalue weighted by Gasteiger charge is -2.19. The van der Waals surface area contributed by atoms with Crippen LogP contribution in [0, 0.1) is 6.92 Å². The molecular weight excluding hydrogens is 470 g/mol. The third-order valence-corrected chi connectivity index (χ3v) is 6.75. The summed E-state index contributed by atoms with van der Waals surface area (Å²) in [4.78, 5) is 50.3. The second kappa shape index (κ2) is 11.9. The fraction of sp³-hybridized carbons (Fsp3) is 0.379. The highest BCUT2D eigenvalue weighted by Gasteiger charge is 2.24. The molecule has 0 fully saturated rings. The molecule has 0 unspecified atom stereocenters. The van der Waals surface area contributed by atoms with Crippen molar-refractivity contribution in [3.63, 3.8) is 0 Å². The highest BCUT2D eigenvalue weighted by atomic mass is 16.4. The Morgan fingerprint density at radius 2 is 1.49 bits per heavy atom. The number of carbonyl (C=O) groups is 2. The minimum absolute atomic E-state index is 0.0880. The van der Waals surface area contributed by atoms with Gasteiger partial charge in [0.15, 0.2) is 0 Å². The number of rotatable bonds is 10. The van der Waals surface area contributed by atoms with Crippen LogP contribution >= 0.6 is 0 Å². The summed E-state index contributed by atoms with van der Waals surface area (Å²) < 4.78 is 2.49. The van der Waals surface area contributed by atoms with E-state index in [-0.39, 0.29) is 12.3 Å². The summed E-state index contributed by atoms with van der Waals surface area (Å²) in [6, 6.07) is 11.7. The van der Waals surface area contributed by atoms with Crippen molar-refractivity contribution in [1.29, 1.82) is 0 Å². The molecule has 0 bridgehead atoms. The first-order valence-corrected chi connectivity index (χ1v) is 12.6. The van der Waals surface area contributed by atoms with E-state index in [2.05, 4.69) is 5.32 Å². The number of nitrogens with one attached hydrogen (secondary N) is 1. The van der Waals surface area contributed by atoms with Gasteiger partial charge in [-0.05, 0) is 42.0 Å². The first-order chi connectivity index (χ1) is 17.6. The summed E-state index contributed by atoms with van der Waals surface area (Å²) in [5.41, 5.74) is 3.93. The Hall–Kier alpha value is -3.94. The van der Waals surface area contributed by atoms with Crippen LogP contribution in [0.4, 0.5) is 0 Å². The minimum atomic E-state index is -1.12. The summed E-state index contributed by atoms with van der Waals surface area (Å²) in [7, 11) is 3.05. The van der Waals surface area contributed by atoms with Crippen LogP contribution in [0.5, 0.6) is 0 Å². The van der Waals surface area contributed by atoms with Gasteiger partial charge in [-0.1, -0.05) is 69.2 Å². The molecule has 0 radical (unpaired) electrons. The van der Waals surface area contributed by atoms with E-state index in [0.29, 0.717) is 27.9 Å². The van der Waals surface area contributed by atoms with Gasteiger partial charge < -0.3 is 15.0 Å². The molecule has 0 aliphatic heterocycles. The predicted octanol–water partition coefficient (Wildman–Crippen LogP) is 3.39. The van der Waals surface area contributed by atoms with Crippen molar-refractivity contribution in [2.45, 2.75) is 58.9 Å². The number of aromatic nitrogens is 2. The fourth-order valence-electron chi connectivity index (χ4n) is 4.65. The highest BCUT2D eigenvalue weighted by molar-refractivity contribution is 5.99. The SMILES string of the molecule is CCCc1cccc(CCC)c1C(=O)N[C@@H](Cc1ccc(-c2c(C)n(C)c(=O)n(C)c2=O)cc1)C(=O)O. The molecule has 0 saturated carbocycles. The van der Waals surface area contributed by atoms with Gasteiger partial charge in [0.2, 0.25) is 0 Å². The summed E-state index contributed by atoms with van der Waals surface area (Å²) in [6.45, 7) is 5.81. The van der Waals surface area contributed by atoms with Crippen molar-refractivity contribution in [1.82, 2.24) is 14.5 Å². The van der Waals surface area contributed by atoms with Crippen LogP contribution in [-0.2, 0) is 38.2 Å². The van der Waals surface area contributed by atoms with E-state index in [1.54, 1.807) is 38.2 Å². The molecule has 8 nitrogen and oxygen atoms in total. The Morgan fingerprint density at radius 3 is 2.00 bits per heavy atom.